The molecule has 0 aliphatic rings. The van der Waals surface area contributed by atoms with E-state index in [9.17, 15) is 5.11 Å². The zero-order chi connectivity index (χ0) is 14.4. The molecule has 7 nitrogen and oxygen atoms in total. The predicted octanol–water partition coefficient (Wildman–Crippen LogP) is 1.26. The maximum Gasteiger partial charge on any atom is 0.232 e. The molecule has 0 radical (unpaired) electrons. The van der Waals surface area contributed by atoms with Crippen molar-refractivity contribution in [2.45, 2.75) is 6.92 Å². The maximum atomic E-state index is 9.43. The lowest BCUT2D eigenvalue weighted by molar-refractivity contribution is 0.475. The number of phenols is 1. The van der Waals surface area contributed by atoms with Crippen molar-refractivity contribution in [3.63, 3.8) is 0 Å². The minimum atomic E-state index is 0.188. The van der Waals surface area contributed by atoms with E-state index in [4.69, 9.17) is 0 Å². The molecule has 4 N–H and O–H groups in total. The van der Waals surface area contributed by atoms with Crippen molar-refractivity contribution in [1.82, 2.24) is 20.3 Å². The number of rotatable bonds is 6. The van der Waals surface area contributed by atoms with E-state index in [1.54, 1.807) is 25.1 Å². The van der Waals surface area contributed by atoms with Gasteiger partial charge in [-0.15, -0.1) is 0 Å². The minimum Gasteiger partial charge on any atom is -0.508 e. The van der Waals surface area contributed by atoms with Gasteiger partial charge in [-0.1, -0.05) is 6.07 Å². The van der Waals surface area contributed by atoms with E-state index >= 15 is 0 Å². The first-order chi connectivity index (χ1) is 9.67. The van der Waals surface area contributed by atoms with E-state index in [1.807, 2.05) is 13.1 Å². The van der Waals surface area contributed by atoms with Gasteiger partial charge in [0, 0.05) is 24.8 Å². The molecule has 0 unspecified atom stereocenters. The minimum absolute atomic E-state index is 0.188. The summed E-state index contributed by atoms with van der Waals surface area (Å²) in [7, 11) is 1.88. The number of hydrogen-bond acceptors (Lipinski definition) is 7. The van der Waals surface area contributed by atoms with E-state index in [0.717, 1.165) is 18.8 Å². The van der Waals surface area contributed by atoms with Crippen LogP contribution < -0.4 is 16.0 Å². The van der Waals surface area contributed by atoms with Crippen LogP contribution in [0, 0.1) is 6.92 Å². The van der Waals surface area contributed by atoms with Gasteiger partial charge in [0.25, 0.3) is 0 Å². The number of benzene rings is 1. The van der Waals surface area contributed by atoms with Crippen molar-refractivity contribution in [2.75, 3.05) is 30.8 Å². The summed E-state index contributed by atoms with van der Waals surface area (Å²) in [4.78, 5) is 12.7. The first-order valence-corrected chi connectivity index (χ1v) is 6.34. The molecule has 20 heavy (non-hydrogen) atoms. The molecule has 1 aromatic carbocycles. The van der Waals surface area contributed by atoms with Crippen molar-refractivity contribution in [2.24, 2.45) is 0 Å². The van der Waals surface area contributed by atoms with Gasteiger partial charge in [0.1, 0.15) is 11.6 Å². The third-order valence-corrected chi connectivity index (χ3v) is 2.51. The standard InChI is InChI=1S/C13H18N6O/c1-9-16-12(15-7-6-14-2)19-13(17-9)18-10-4-3-5-11(20)8-10/h3-5,8,14,20H,6-7H2,1-2H3,(H2,15,16,17,18,19). The van der Waals surface area contributed by atoms with Gasteiger partial charge in [0.15, 0.2) is 0 Å². The van der Waals surface area contributed by atoms with Gasteiger partial charge >= 0.3 is 0 Å². The molecule has 1 aromatic heterocycles. The normalized spacial score (nSPS) is 10.3. The van der Waals surface area contributed by atoms with Gasteiger partial charge in [0.2, 0.25) is 11.9 Å². The number of aromatic nitrogens is 3. The van der Waals surface area contributed by atoms with Crippen LogP contribution in [0.5, 0.6) is 5.75 Å². The summed E-state index contributed by atoms with van der Waals surface area (Å²) in [6, 6.07) is 6.78. The van der Waals surface area contributed by atoms with Gasteiger partial charge in [-0.05, 0) is 26.1 Å². The molecule has 0 aliphatic carbocycles. The largest absolute Gasteiger partial charge is 0.508 e. The number of phenolic OH excluding ortho intramolecular Hbond substituents is 1. The van der Waals surface area contributed by atoms with Crippen LogP contribution in [0.2, 0.25) is 0 Å². The number of nitrogens with one attached hydrogen (secondary N) is 3. The SMILES string of the molecule is CNCCNc1nc(C)nc(Nc2cccc(O)c2)n1. The van der Waals surface area contributed by atoms with Crippen LogP contribution in [0.4, 0.5) is 17.6 Å². The highest BCUT2D eigenvalue weighted by atomic mass is 16.3. The molecule has 0 bridgehead atoms. The van der Waals surface area contributed by atoms with Gasteiger partial charge in [0.05, 0.1) is 0 Å². The molecule has 0 spiro atoms. The summed E-state index contributed by atoms with van der Waals surface area (Å²) >= 11 is 0. The fourth-order valence-corrected chi connectivity index (χ4v) is 1.63. The van der Waals surface area contributed by atoms with Crippen LogP contribution in [0.1, 0.15) is 5.82 Å². The fourth-order valence-electron chi connectivity index (χ4n) is 1.63. The Morgan fingerprint density at radius 2 is 1.90 bits per heavy atom. The Labute approximate surface area is 117 Å². The quantitative estimate of drug-likeness (QED) is 0.589. The highest BCUT2D eigenvalue weighted by molar-refractivity contribution is 5.56. The lowest BCUT2D eigenvalue weighted by atomic mass is 10.3. The Morgan fingerprint density at radius 3 is 2.65 bits per heavy atom. The molecule has 2 aromatic rings. The Balaban J connectivity index is 2.11. The molecular formula is C13H18N6O. The van der Waals surface area contributed by atoms with Crippen LogP contribution in [0.25, 0.3) is 0 Å². The molecule has 0 amide bonds. The van der Waals surface area contributed by atoms with Gasteiger partial charge in [-0.3, -0.25) is 0 Å². The number of anilines is 3. The van der Waals surface area contributed by atoms with E-state index in [-0.39, 0.29) is 5.75 Å². The van der Waals surface area contributed by atoms with Crippen LogP contribution >= 0.6 is 0 Å². The smallest absolute Gasteiger partial charge is 0.232 e. The van der Waals surface area contributed by atoms with E-state index in [2.05, 4.69) is 30.9 Å². The van der Waals surface area contributed by atoms with Gasteiger partial charge < -0.3 is 21.1 Å². The zero-order valence-electron chi connectivity index (χ0n) is 11.5. The number of nitrogens with zero attached hydrogens (tertiary/aromatic N) is 3. The lowest BCUT2D eigenvalue weighted by Gasteiger charge is -2.09. The topological polar surface area (TPSA) is 95.0 Å². The highest BCUT2D eigenvalue weighted by Crippen LogP contribution is 2.18. The Kier molecular flexibility index (Phi) is 4.67. The summed E-state index contributed by atoms with van der Waals surface area (Å²) in [5, 5.41) is 18.6. The molecule has 1 heterocycles. The van der Waals surface area contributed by atoms with E-state index in [1.165, 1.54) is 0 Å². The molecule has 0 saturated carbocycles. The van der Waals surface area contributed by atoms with E-state index < -0.39 is 0 Å². The molecule has 2 rings (SSSR count). The fraction of sp³-hybridized carbons (Fsp3) is 0.308. The van der Waals surface area contributed by atoms with Gasteiger partial charge in [-0.2, -0.15) is 15.0 Å². The first-order valence-electron chi connectivity index (χ1n) is 6.34. The number of aryl methyl sites for hydroxylation is 1. The Hall–Kier alpha value is -2.41. The second kappa shape index (κ2) is 6.67. The number of likely N-dealkylation sites (N-methyl/N-ethyl adjacent to an activating group) is 1. The average molecular weight is 274 g/mol. The Bertz CT molecular complexity index is 575. The summed E-state index contributed by atoms with van der Waals surface area (Å²) in [5.41, 5.74) is 0.719. The average Bonchev–Trinajstić information content (AvgIpc) is 2.38. The van der Waals surface area contributed by atoms with E-state index in [0.29, 0.717) is 17.7 Å². The molecule has 0 fully saturated rings. The predicted molar refractivity (Wildman–Crippen MR) is 78.4 cm³/mol. The molecule has 7 heteroatoms. The molecule has 106 valence electrons. The summed E-state index contributed by atoms with van der Waals surface area (Å²) in [6.45, 7) is 3.35. The van der Waals surface area contributed by atoms with Crippen LogP contribution in [-0.2, 0) is 0 Å². The third-order valence-electron chi connectivity index (χ3n) is 2.51. The van der Waals surface area contributed by atoms with Crippen molar-refractivity contribution in [1.29, 1.82) is 0 Å². The van der Waals surface area contributed by atoms with Gasteiger partial charge in [-0.25, -0.2) is 0 Å². The number of aromatic hydroxyl groups is 1. The molecule has 0 saturated heterocycles. The monoisotopic (exact) mass is 274 g/mol. The second-order valence-electron chi connectivity index (χ2n) is 4.24. The van der Waals surface area contributed by atoms with Crippen LogP contribution in [0.3, 0.4) is 0 Å². The zero-order valence-corrected chi connectivity index (χ0v) is 11.5. The summed E-state index contributed by atoms with van der Waals surface area (Å²) in [5.74, 6) is 1.77. The molecular weight excluding hydrogens is 256 g/mol. The summed E-state index contributed by atoms with van der Waals surface area (Å²) < 4.78 is 0. The highest BCUT2D eigenvalue weighted by Gasteiger charge is 2.04. The second-order valence-corrected chi connectivity index (χ2v) is 4.24. The Morgan fingerprint density at radius 1 is 1.10 bits per heavy atom. The van der Waals surface area contributed by atoms with Crippen LogP contribution in [-0.4, -0.2) is 40.2 Å². The van der Waals surface area contributed by atoms with Crippen molar-refractivity contribution in [3.8, 4) is 5.75 Å². The van der Waals surface area contributed by atoms with Crippen molar-refractivity contribution < 1.29 is 5.11 Å². The molecule has 0 atom stereocenters. The first kappa shape index (κ1) is 14.0. The van der Waals surface area contributed by atoms with Crippen LogP contribution in [0.15, 0.2) is 24.3 Å². The lowest BCUT2D eigenvalue weighted by Crippen LogP contribution is -2.19. The maximum absolute atomic E-state index is 9.43. The third kappa shape index (κ3) is 4.06. The summed E-state index contributed by atoms with van der Waals surface area (Å²) in [6.07, 6.45) is 0. The van der Waals surface area contributed by atoms with Crippen molar-refractivity contribution >= 4 is 17.6 Å². The number of hydrogen-bond donors (Lipinski definition) is 4. The molecule has 0 aliphatic heterocycles. The van der Waals surface area contributed by atoms with Crippen molar-refractivity contribution in [3.05, 3.63) is 30.1 Å².